The summed E-state index contributed by atoms with van der Waals surface area (Å²) in [5, 5.41) is 14.6. The molecule has 7 nitrogen and oxygen atoms in total. The smallest absolute Gasteiger partial charge is 0.324 e. The molecule has 0 saturated heterocycles. The third-order valence-electron chi connectivity index (χ3n) is 2.43. The number of hydrogen-bond acceptors (Lipinski definition) is 6. The van der Waals surface area contributed by atoms with Crippen LogP contribution in [0.15, 0.2) is 39.9 Å². The van der Waals surface area contributed by atoms with E-state index in [2.05, 4.69) is 26.5 Å². The van der Waals surface area contributed by atoms with Crippen molar-refractivity contribution in [2.45, 2.75) is 0 Å². The summed E-state index contributed by atoms with van der Waals surface area (Å²) in [5.74, 6) is -0.103. The van der Waals surface area contributed by atoms with Crippen molar-refractivity contribution in [3.63, 3.8) is 0 Å². The molecule has 0 aliphatic heterocycles. The van der Waals surface area contributed by atoms with Crippen LogP contribution in [0.5, 0.6) is 5.75 Å². The zero-order valence-corrected chi connectivity index (χ0v) is 14.5. The van der Waals surface area contributed by atoms with Crippen molar-refractivity contribution in [3.05, 3.63) is 54.8 Å². The average Bonchev–Trinajstić information content (AvgIpc) is 2.95. The van der Waals surface area contributed by atoms with Crippen molar-refractivity contribution < 1.29 is 14.5 Å². The Bertz CT molecular complexity index is 765. The molecule has 0 atom stereocenters. The van der Waals surface area contributed by atoms with Crippen LogP contribution < -0.4 is 10.2 Å². The molecule has 1 aromatic heterocycles. The second-order valence-electron chi connectivity index (χ2n) is 4.09. The molecule has 120 valence electrons. The molecule has 10 heteroatoms. The van der Waals surface area contributed by atoms with Gasteiger partial charge in [-0.3, -0.25) is 14.9 Å². The number of benzene rings is 1. The normalized spacial score (nSPS) is 10.7. The summed E-state index contributed by atoms with van der Waals surface area (Å²) in [7, 11) is 0. The maximum Gasteiger partial charge on any atom is 0.324 e. The maximum atomic E-state index is 11.6. The summed E-state index contributed by atoms with van der Waals surface area (Å²) in [5.41, 5.74) is 2.26. The number of thiophene rings is 1. The fraction of sp³-hybridized carbons (Fsp3) is 0.0769. The monoisotopic (exact) mass is 417 g/mol. The van der Waals surface area contributed by atoms with Crippen molar-refractivity contribution in [3.8, 4) is 5.75 Å². The second-order valence-corrected chi connectivity index (χ2v) is 6.51. The van der Waals surface area contributed by atoms with E-state index in [1.165, 1.54) is 18.3 Å². The molecule has 0 radical (unpaired) electrons. The van der Waals surface area contributed by atoms with Gasteiger partial charge in [-0.1, -0.05) is 38.9 Å². The topological polar surface area (TPSA) is 93.8 Å². The minimum absolute atomic E-state index is 0.00555. The lowest BCUT2D eigenvalue weighted by atomic mass is 10.3. The van der Waals surface area contributed by atoms with Gasteiger partial charge in [0, 0.05) is 10.5 Å². The molecule has 0 saturated carbocycles. The number of carbonyl (C=O) groups excluding carboxylic acids is 1. The Balaban J connectivity index is 1.82. The van der Waals surface area contributed by atoms with E-state index in [9.17, 15) is 14.9 Å². The number of rotatable bonds is 6. The maximum absolute atomic E-state index is 11.6. The van der Waals surface area contributed by atoms with Crippen molar-refractivity contribution in [2.75, 3.05) is 6.61 Å². The summed E-state index contributed by atoms with van der Waals surface area (Å²) in [6.45, 7) is -0.261. The summed E-state index contributed by atoms with van der Waals surface area (Å²) >= 11 is 10.2. The number of nitrogens with one attached hydrogen (secondary N) is 1. The van der Waals surface area contributed by atoms with Gasteiger partial charge in [0.05, 0.1) is 21.0 Å². The Hall–Kier alpha value is -1.97. The van der Waals surface area contributed by atoms with Gasteiger partial charge in [-0.2, -0.15) is 5.10 Å². The fourth-order valence-electron chi connectivity index (χ4n) is 1.45. The molecule has 1 amide bonds. The molecule has 2 rings (SSSR count). The van der Waals surface area contributed by atoms with E-state index in [4.69, 9.17) is 16.3 Å². The summed E-state index contributed by atoms with van der Waals surface area (Å²) in [4.78, 5) is 22.2. The molecule has 1 N–H and O–H groups in total. The Morgan fingerprint density at radius 3 is 2.91 bits per heavy atom. The van der Waals surface area contributed by atoms with Crippen molar-refractivity contribution in [1.29, 1.82) is 0 Å². The largest absolute Gasteiger partial charge is 0.482 e. The molecule has 0 spiro atoms. The van der Waals surface area contributed by atoms with Gasteiger partial charge < -0.3 is 4.74 Å². The third kappa shape index (κ3) is 5.31. The third-order valence-corrected chi connectivity index (χ3v) is 4.19. The first kappa shape index (κ1) is 17.4. The number of hydrazone groups is 1. The first-order valence-electron chi connectivity index (χ1n) is 6.09. The van der Waals surface area contributed by atoms with Crippen LogP contribution in [0.3, 0.4) is 0 Å². The highest BCUT2D eigenvalue weighted by Gasteiger charge is 2.08. The van der Waals surface area contributed by atoms with Gasteiger partial charge in [0.2, 0.25) is 0 Å². The molecule has 23 heavy (non-hydrogen) atoms. The molecular weight excluding hydrogens is 410 g/mol. The number of halogens is 2. The minimum Gasteiger partial charge on any atom is -0.482 e. The highest BCUT2D eigenvalue weighted by atomic mass is 79.9. The standard InChI is InChI=1S/C13H9BrClN3O4S/c14-8-1-3-11(10(15)5-8)22-7-12(19)17-16-6-9-2-4-13(23-9)18(20)21/h1-6H,7H2,(H,17,19). The lowest BCUT2D eigenvalue weighted by molar-refractivity contribution is -0.380. The van der Waals surface area contributed by atoms with Crippen LogP contribution in [0, 0.1) is 10.1 Å². The van der Waals surface area contributed by atoms with Gasteiger partial charge in [-0.25, -0.2) is 5.43 Å². The predicted molar refractivity (Wildman–Crippen MR) is 91.4 cm³/mol. The quantitative estimate of drug-likeness (QED) is 0.440. The van der Waals surface area contributed by atoms with Gasteiger partial charge in [-0.15, -0.1) is 0 Å². The first-order chi connectivity index (χ1) is 11.0. The Morgan fingerprint density at radius 2 is 2.26 bits per heavy atom. The minimum atomic E-state index is -0.490. The SMILES string of the molecule is O=C(COc1ccc(Br)cc1Cl)NN=Cc1ccc([N+](=O)[O-])s1. The van der Waals surface area contributed by atoms with Crippen molar-refractivity contribution >= 4 is 56.0 Å². The number of nitrogens with zero attached hydrogens (tertiary/aromatic N) is 2. The summed E-state index contributed by atoms with van der Waals surface area (Å²) < 4.78 is 6.07. The molecule has 1 aromatic carbocycles. The lowest BCUT2D eigenvalue weighted by Crippen LogP contribution is -2.24. The van der Waals surface area contributed by atoms with Crippen LogP contribution in [0.4, 0.5) is 5.00 Å². The van der Waals surface area contributed by atoms with E-state index in [1.807, 2.05) is 0 Å². The van der Waals surface area contributed by atoms with Crippen LogP contribution in [0.1, 0.15) is 4.88 Å². The van der Waals surface area contributed by atoms with Crippen LogP contribution in [-0.4, -0.2) is 23.7 Å². The highest BCUT2D eigenvalue weighted by molar-refractivity contribution is 9.10. The Labute approximate surface area is 148 Å². The number of ether oxygens (including phenoxy) is 1. The number of hydrogen-bond donors (Lipinski definition) is 1. The van der Waals surface area contributed by atoms with Gasteiger partial charge in [0.15, 0.2) is 6.61 Å². The van der Waals surface area contributed by atoms with E-state index in [0.717, 1.165) is 15.8 Å². The van der Waals surface area contributed by atoms with E-state index < -0.39 is 10.8 Å². The lowest BCUT2D eigenvalue weighted by Gasteiger charge is -2.06. The molecule has 1 heterocycles. The van der Waals surface area contributed by atoms with E-state index in [-0.39, 0.29) is 11.6 Å². The van der Waals surface area contributed by atoms with Crippen LogP contribution >= 0.6 is 38.9 Å². The van der Waals surface area contributed by atoms with Crippen LogP contribution in [0.25, 0.3) is 0 Å². The number of amides is 1. The summed E-state index contributed by atoms with van der Waals surface area (Å²) in [6, 6.07) is 7.92. The van der Waals surface area contributed by atoms with E-state index >= 15 is 0 Å². The van der Waals surface area contributed by atoms with Crippen LogP contribution in [-0.2, 0) is 4.79 Å². The van der Waals surface area contributed by atoms with E-state index in [0.29, 0.717) is 15.6 Å². The average molecular weight is 419 g/mol. The highest BCUT2D eigenvalue weighted by Crippen LogP contribution is 2.27. The first-order valence-corrected chi connectivity index (χ1v) is 8.08. The zero-order valence-electron chi connectivity index (χ0n) is 11.4. The molecule has 0 unspecified atom stereocenters. The molecule has 2 aromatic rings. The molecular formula is C13H9BrClN3O4S. The van der Waals surface area contributed by atoms with Gasteiger partial charge in [-0.05, 0) is 24.3 Å². The number of nitro groups is 1. The fourth-order valence-corrected chi connectivity index (χ4v) is 2.87. The second kappa shape index (κ2) is 8.04. The zero-order chi connectivity index (χ0) is 16.8. The molecule has 0 aliphatic carbocycles. The van der Waals surface area contributed by atoms with Gasteiger partial charge in [0.25, 0.3) is 5.91 Å². The van der Waals surface area contributed by atoms with E-state index in [1.54, 1.807) is 18.2 Å². The van der Waals surface area contributed by atoms with Crippen molar-refractivity contribution in [2.24, 2.45) is 5.10 Å². The number of carbonyl (C=O) groups is 1. The van der Waals surface area contributed by atoms with Crippen molar-refractivity contribution in [1.82, 2.24) is 5.43 Å². The predicted octanol–water partition coefficient (Wildman–Crippen LogP) is 3.60. The molecule has 0 bridgehead atoms. The van der Waals surface area contributed by atoms with Crippen LogP contribution in [0.2, 0.25) is 5.02 Å². The molecule has 0 fully saturated rings. The Morgan fingerprint density at radius 1 is 1.48 bits per heavy atom. The molecule has 0 aliphatic rings. The van der Waals surface area contributed by atoms with Gasteiger partial charge >= 0.3 is 5.00 Å². The summed E-state index contributed by atoms with van der Waals surface area (Å²) in [6.07, 6.45) is 1.32. The Kier molecular flexibility index (Phi) is 6.08. The van der Waals surface area contributed by atoms with Gasteiger partial charge in [0.1, 0.15) is 5.75 Å².